The van der Waals surface area contributed by atoms with E-state index < -0.39 is 5.97 Å². The molecule has 0 aromatic carbocycles. The number of unbranched alkanes of at least 4 members (excludes halogenated alkanes) is 8. The molecule has 0 atom stereocenters. The summed E-state index contributed by atoms with van der Waals surface area (Å²) in [6.45, 7) is 4.09. The first-order valence-corrected chi connectivity index (χ1v) is 8.98. The molecule has 0 rings (SSSR count). The van der Waals surface area contributed by atoms with Gasteiger partial charge in [-0.1, -0.05) is 51.9 Å². The monoisotopic (exact) mass is 318 g/mol. The molecule has 4 nitrogen and oxygen atoms in total. The van der Waals surface area contributed by atoms with Gasteiger partial charge in [-0.15, -0.1) is 0 Å². The number of hydrogen-bond donors (Lipinski definition) is 0. The summed E-state index contributed by atoms with van der Waals surface area (Å²) < 4.78 is 21.5. The first-order valence-electron chi connectivity index (χ1n) is 8.98. The van der Waals surface area contributed by atoms with Crippen molar-refractivity contribution < 1.29 is 18.9 Å². The fourth-order valence-electron chi connectivity index (χ4n) is 2.54. The lowest BCUT2D eigenvalue weighted by molar-refractivity contribution is -0.355. The van der Waals surface area contributed by atoms with Crippen molar-refractivity contribution in [3.63, 3.8) is 0 Å². The van der Waals surface area contributed by atoms with E-state index in [0.717, 1.165) is 26.1 Å². The van der Waals surface area contributed by atoms with Crippen molar-refractivity contribution in [1.82, 2.24) is 0 Å². The van der Waals surface area contributed by atoms with Crippen LogP contribution in [0.3, 0.4) is 0 Å². The predicted molar refractivity (Wildman–Crippen MR) is 91.0 cm³/mol. The summed E-state index contributed by atoms with van der Waals surface area (Å²) in [7, 11) is 4.87. The van der Waals surface area contributed by atoms with Crippen molar-refractivity contribution in [3.05, 3.63) is 0 Å². The van der Waals surface area contributed by atoms with E-state index in [4.69, 9.17) is 18.9 Å². The number of hydrogen-bond acceptors (Lipinski definition) is 4. The van der Waals surface area contributed by atoms with Gasteiger partial charge in [-0.3, -0.25) is 0 Å². The van der Waals surface area contributed by atoms with Gasteiger partial charge in [-0.25, -0.2) is 0 Å². The summed E-state index contributed by atoms with van der Waals surface area (Å²) in [4.78, 5) is 0. The first-order chi connectivity index (χ1) is 10.7. The van der Waals surface area contributed by atoms with E-state index in [1.807, 2.05) is 0 Å². The number of methoxy groups -OCH3 is 3. The van der Waals surface area contributed by atoms with Crippen molar-refractivity contribution in [2.24, 2.45) is 0 Å². The summed E-state index contributed by atoms with van der Waals surface area (Å²) in [6, 6.07) is 0. The molecular weight excluding hydrogens is 280 g/mol. The molecule has 0 spiro atoms. The maximum absolute atomic E-state index is 5.61. The lowest BCUT2D eigenvalue weighted by Gasteiger charge is -2.28. The molecule has 0 radical (unpaired) electrons. The Kier molecular flexibility index (Phi) is 15.6. The van der Waals surface area contributed by atoms with Crippen LogP contribution in [-0.4, -0.2) is 40.5 Å². The van der Waals surface area contributed by atoms with Gasteiger partial charge in [-0.05, 0) is 19.3 Å². The second kappa shape index (κ2) is 15.7. The first kappa shape index (κ1) is 21.8. The van der Waals surface area contributed by atoms with Gasteiger partial charge in [0.15, 0.2) is 0 Å². The molecule has 22 heavy (non-hydrogen) atoms. The van der Waals surface area contributed by atoms with Crippen LogP contribution < -0.4 is 0 Å². The highest BCUT2D eigenvalue weighted by atomic mass is 16.9. The van der Waals surface area contributed by atoms with Crippen molar-refractivity contribution in [3.8, 4) is 0 Å². The summed E-state index contributed by atoms with van der Waals surface area (Å²) >= 11 is 0. The zero-order valence-corrected chi connectivity index (χ0v) is 15.3. The second-order valence-electron chi connectivity index (χ2n) is 5.84. The van der Waals surface area contributed by atoms with Gasteiger partial charge >= 0.3 is 0 Å². The van der Waals surface area contributed by atoms with Crippen LogP contribution in [-0.2, 0) is 18.9 Å². The molecule has 0 aliphatic heterocycles. The molecule has 0 aliphatic rings. The van der Waals surface area contributed by atoms with Gasteiger partial charge in [0.1, 0.15) is 0 Å². The maximum Gasteiger partial charge on any atom is 0.282 e. The van der Waals surface area contributed by atoms with Crippen LogP contribution in [0, 0.1) is 0 Å². The minimum Gasteiger partial charge on any atom is -0.381 e. The van der Waals surface area contributed by atoms with E-state index in [1.165, 1.54) is 57.8 Å². The Morgan fingerprint density at radius 1 is 0.591 bits per heavy atom. The van der Waals surface area contributed by atoms with Gasteiger partial charge < -0.3 is 18.9 Å². The summed E-state index contributed by atoms with van der Waals surface area (Å²) in [5.74, 6) is -0.852. The Morgan fingerprint density at radius 3 is 1.55 bits per heavy atom. The van der Waals surface area contributed by atoms with Crippen molar-refractivity contribution in [1.29, 1.82) is 0 Å². The zero-order valence-electron chi connectivity index (χ0n) is 15.3. The number of ether oxygens (including phenoxy) is 4. The molecule has 0 aromatic heterocycles. The molecule has 0 saturated heterocycles. The molecule has 0 N–H and O–H groups in total. The molecule has 0 heterocycles. The topological polar surface area (TPSA) is 36.9 Å². The fourth-order valence-corrected chi connectivity index (χ4v) is 2.54. The van der Waals surface area contributed by atoms with Crippen LogP contribution in [0.1, 0.15) is 77.6 Å². The lowest BCUT2D eigenvalue weighted by atomic mass is 10.1. The van der Waals surface area contributed by atoms with Crippen LogP contribution >= 0.6 is 0 Å². The Morgan fingerprint density at radius 2 is 1.05 bits per heavy atom. The Bertz CT molecular complexity index is 209. The molecule has 0 fully saturated rings. The predicted octanol–water partition coefficient (Wildman–Crippen LogP) is 4.91. The van der Waals surface area contributed by atoms with Crippen LogP contribution in [0.15, 0.2) is 0 Å². The third kappa shape index (κ3) is 11.4. The van der Waals surface area contributed by atoms with Gasteiger partial charge in [0, 0.05) is 41.0 Å². The molecular formula is C18H38O4. The summed E-state index contributed by atoms with van der Waals surface area (Å²) in [5.41, 5.74) is 0. The summed E-state index contributed by atoms with van der Waals surface area (Å²) in [5, 5.41) is 0. The Labute approximate surface area is 137 Å². The van der Waals surface area contributed by atoms with Crippen LogP contribution in [0.25, 0.3) is 0 Å². The highest BCUT2D eigenvalue weighted by molar-refractivity contribution is 4.56. The van der Waals surface area contributed by atoms with Gasteiger partial charge in [0.05, 0.1) is 0 Å². The molecule has 4 heteroatoms. The van der Waals surface area contributed by atoms with E-state index >= 15 is 0 Å². The molecule has 134 valence electrons. The standard InChI is InChI=1S/C18H38O4/c1-5-6-13-16-22-17-14-11-9-7-8-10-12-15-18(19-2,20-3)21-4/h5-17H2,1-4H3. The van der Waals surface area contributed by atoms with E-state index in [-0.39, 0.29) is 0 Å². The molecule has 0 saturated carbocycles. The molecule has 0 unspecified atom stereocenters. The summed E-state index contributed by atoms with van der Waals surface area (Å²) in [6.07, 6.45) is 13.2. The average Bonchev–Trinajstić information content (AvgIpc) is 2.56. The smallest absolute Gasteiger partial charge is 0.282 e. The van der Waals surface area contributed by atoms with Crippen molar-refractivity contribution in [2.75, 3.05) is 34.5 Å². The Balaban J connectivity index is 3.27. The van der Waals surface area contributed by atoms with Crippen LogP contribution in [0.2, 0.25) is 0 Å². The second-order valence-corrected chi connectivity index (χ2v) is 5.84. The number of rotatable bonds is 17. The van der Waals surface area contributed by atoms with Crippen molar-refractivity contribution in [2.45, 2.75) is 83.5 Å². The largest absolute Gasteiger partial charge is 0.381 e. The maximum atomic E-state index is 5.61. The highest BCUT2D eigenvalue weighted by Gasteiger charge is 2.28. The molecule has 0 aromatic rings. The normalized spacial score (nSPS) is 12.0. The quantitative estimate of drug-likeness (QED) is 0.282. The minimum atomic E-state index is -0.852. The van der Waals surface area contributed by atoms with Gasteiger partial charge in [0.2, 0.25) is 0 Å². The highest BCUT2D eigenvalue weighted by Crippen LogP contribution is 2.21. The minimum absolute atomic E-state index is 0.780. The van der Waals surface area contributed by atoms with Gasteiger partial charge in [-0.2, -0.15) is 0 Å². The zero-order chi connectivity index (χ0) is 16.5. The Hall–Kier alpha value is -0.160. The third-order valence-electron chi connectivity index (χ3n) is 4.10. The SMILES string of the molecule is CCCCCOCCCCCCCCCC(OC)(OC)OC. The molecule has 0 amide bonds. The average molecular weight is 318 g/mol. The van der Waals surface area contributed by atoms with Crippen LogP contribution in [0.5, 0.6) is 0 Å². The molecule has 0 bridgehead atoms. The molecule has 0 aliphatic carbocycles. The lowest BCUT2D eigenvalue weighted by Crippen LogP contribution is -2.35. The van der Waals surface area contributed by atoms with E-state index in [2.05, 4.69) is 6.92 Å². The van der Waals surface area contributed by atoms with Gasteiger partial charge in [0.25, 0.3) is 5.97 Å². The van der Waals surface area contributed by atoms with Crippen molar-refractivity contribution >= 4 is 0 Å². The third-order valence-corrected chi connectivity index (χ3v) is 4.10. The van der Waals surface area contributed by atoms with E-state index in [0.29, 0.717) is 0 Å². The van der Waals surface area contributed by atoms with E-state index in [1.54, 1.807) is 21.3 Å². The fraction of sp³-hybridized carbons (Fsp3) is 1.00. The van der Waals surface area contributed by atoms with Crippen LogP contribution in [0.4, 0.5) is 0 Å². The van der Waals surface area contributed by atoms with E-state index in [9.17, 15) is 0 Å².